The predicted molar refractivity (Wildman–Crippen MR) is 183 cm³/mol. The molecule has 1 aliphatic heterocycles. The van der Waals surface area contributed by atoms with Crippen molar-refractivity contribution in [2.75, 3.05) is 32.9 Å². The number of carbonyl (C=O) groups excluding carboxylic acids is 2. The number of hydrogen-bond donors (Lipinski definition) is 5. The van der Waals surface area contributed by atoms with Crippen molar-refractivity contribution >= 4 is 23.6 Å². The van der Waals surface area contributed by atoms with Gasteiger partial charge in [0.05, 0.1) is 6.54 Å². The lowest BCUT2D eigenvalue weighted by Gasteiger charge is -2.40. The first-order valence-electron chi connectivity index (χ1n) is 16.0. The number of aliphatic hydroxyl groups is 3. The number of nitrogens with zero attached hydrogens (tertiary/aromatic N) is 1. The van der Waals surface area contributed by atoms with Crippen LogP contribution in [0.25, 0.3) is 0 Å². The normalized spacial score (nSPS) is 21.5. The standard InChI is InChI=1S/C36H51N3O6S/c1-7-20-39(5)21-19-37-35(44)36(3,4)38-29(40)12-10-8-9-11-25-14-16-26(17-15-25)22-28-23-27(18-13-24(28)2)33-31(42)30(41)32(43)34(45-33)46-6/h1,13-18,23,30-34,41-43H,8-12,19-22H2,2-6H3,(H,37,44)(H,38,40)/t30-,31-,32+,33+,34-/m1/s1. The second-order valence-electron chi connectivity index (χ2n) is 12.7. The fourth-order valence-electron chi connectivity index (χ4n) is 5.50. The Hall–Kier alpha value is -2.91. The zero-order chi connectivity index (χ0) is 33.9. The van der Waals surface area contributed by atoms with Gasteiger partial charge < -0.3 is 30.7 Å². The van der Waals surface area contributed by atoms with Crippen molar-refractivity contribution in [3.05, 3.63) is 70.3 Å². The molecule has 1 fully saturated rings. The molecule has 0 bridgehead atoms. The van der Waals surface area contributed by atoms with E-state index in [1.807, 2.05) is 37.1 Å². The number of unbranched alkanes of at least 4 members (excludes halogenated alkanes) is 2. The molecule has 0 radical (unpaired) electrons. The quantitative estimate of drug-likeness (QED) is 0.138. The van der Waals surface area contributed by atoms with Crippen LogP contribution in [0.3, 0.4) is 0 Å². The Labute approximate surface area is 278 Å². The number of hydrogen-bond acceptors (Lipinski definition) is 8. The largest absolute Gasteiger partial charge is 0.387 e. The van der Waals surface area contributed by atoms with E-state index in [1.165, 1.54) is 17.3 Å². The number of carbonyl (C=O) groups is 2. The molecule has 1 aliphatic rings. The van der Waals surface area contributed by atoms with Gasteiger partial charge in [-0.15, -0.1) is 18.2 Å². The second kappa shape index (κ2) is 17.9. The highest BCUT2D eigenvalue weighted by molar-refractivity contribution is 7.99. The Morgan fingerprint density at radius 1 is 1.02 bits per heavy atom. The molecule has 0 unspecified atom stereocenters. The van der Waals surface area contributed by atoms with Crippen LogP contribution in [-0.4, -0.2) is 94.3 Å². The molecule has 1 heterocycles. The van der Waals surface area contributed by atoms with Crippen molar-refractivity contribution in [1.29, 1.82) is 0 Å². The summed E-state index contributed by atoms with van der Waals surface area (Å²) in [6.07, 6.45) is 7.36. The lowest BCUT2D eigenvalue weighted by molar-refractivity contribution is -0.200. The minimum atomic E-state index is -1.28. The molecule has 10 heteroatoms. The lowest BCUT2D eigenvalue weighted by atomic mass is 9.91. The first kappa shape index (κ1) is 37.5. The molecule has 5 N–H and O–H groups in total. The van der Waals surface area contributed by atoms with E-state index < -0.39 is 35.4 Å². The second-order valence-corrected chi connectivity index (χ2v) is 13.7. The summed E-state index contributed by atoms with van der Waals surface area (Å²) in [7, 11) is 1.89. The first-order chi connectivity index (χ1) is 21.9. The predicted octanol–water partition coefficient (Wildman–Crippen LogP) is 3.11. The third kappa shape index (κ3) is 10.8. The highest BCUT2D eigenvalue weighted by Gasteiger charge is 2.44. The van der Waals surface area contributed by atoms with Crippen LogP contribution in [0.15, 0.2) is 42.5 Å². The minimum absolute atomic E-state index is 0.129. The van der Waals surface area contributed by atoms with Crippen molar-refractivity contribution in [3.63, 3.8) is 0 Å². The molecule has 0 aliphatic carbocycles. The van der Waals surface area contributed by atoms with E-state index in [1.54, 1.807) is 20.1 Å². The van der Waals surface area contributed by atoms with Gasteiger partial charge >= 0.3 is 0 Å². The monoisotopic (exact) mass is 653 g/mol. The first-order valence-corrected chi connectivity index (χ1v) is 17.3. The average Bonchev–Trinajstić information content (AvgIpc) is 3.01. The van der Waals surface area contributed by atoms with Gasteiger partial charge in [0.25, 0.3) is 0 Å². The van der Waals surface area contributed by atoms with Gasteiger partial charge in [-0.3, -0.25) is 14.5 Å². The van der Waals surface area contributed by atoms with Crippen molar-refractivity contribution in [1.82, 2.24) is 15.5 Å². The van der Waals surface area contributed by atoms with Gasteiger partial charge in [-0.2, -0.15) is 0 Å². The van der Waals surface area contributed by atoms with Crippen LogP contribution in [0.5, 0.6) is 0 Å². The summed E-state index contributed by atoms with van der Waals surface area (Å²) in [5.74, 6) is 2.21. The van der Waals surface area contributed by atoms with E-state index in [9.17, 15) is 24.9 Å². The zero-order valence-electron chi connectivity index (χ0n) is 27.8. The Bertz CT molecular complexity index is 1330. The molecule has 3 rings (SSSR count). The van der Waals surface area contributed by atoms with Crippen molar-refractivity contribution < 1.29 is 29.6 Å². The maximum Gasteiger partial charge on any atom is 0.245 e. The maximum atomic E-state index is 12.5. The summed E-state index contributed by atoms with van der Waals surface area (Å²) in [6.45, 7) is 7.08. The summed E-state index contributed by atoms with van der Waals surface area (Å²) >= 11 is 1.31. The van der Waals surface area contributed by atoms with Gasteiger partial charge in [0, 0.05) is 19.5 Å². The number of ether oxygens (including phenoxy) is 1. The lowest BCUT2D eigenvalue weighted by Crippen LogP contribution is -2.55. The van der Waals surface area contributed by atoms with E-state index in [4.69, 9.17) is 11.2 Å². The molecular weight excluding hydrogens is 602 g/mol. The SMILES string of the molecule is C#CCN(C)CCNC(=O)C(C)(C)NC(=O)CCCCCc1ccc(Cc2cc([C@@H]3O[C@H](SC)[C@@H](O)[C@H](O)[C@H]3O)ccc2C)cc1. The molecule has 0 aromatic heterocycles. The number of likely N-dealkylation sites (N-methyl/N-ethyl adjacent to an activating group) is 1. The summed E-state index contributed by atoms with van der Waals surface area (Å²) in [6, 6.07) is 14.5. The van der Waals surface area contributed by atoms with Crippen LogP contribution in [0.2, 0.25) is 0 Å². The van der Waals surface area contributed by atoms with Gasteiger partial charge in [0.1, 0.15) is 35.4 Å². The third-order valence-electron chi connectivity index (χ3n) is 8.45. The number of terminal acetylenes is 1. The number of aliphatic hydroxyl groups excluding tert-OH is 3. The Balaban J connectivity index is 1.42. The van der Waals surface area contributed by atoms with Gasteiger partial charge in [0.2, 0.25) is 11.8 Å². The van der Waals surface area contributed by atoms with Crippen molar-refractivity contribution in [3.8, 4) is 12.3 Å². The van der Waals surface area contributed by atoms with Crippen LogP contribution in [-0.2, 0) is 27.2 Å². The van der Waals surface area contributed by atoms with Crippen LogP contribution in [0.4, 0.5) is 0 Å². The van der Waals surface area contributed by atoms with E-state index in [2.05, 4.69) is 40.8 Å². The van der Waals surface area contributed by atoms with Crippen molar-refractivity contribution in [2.24, 2.45) is 0 Å². The molecule has 2 aromatic rings. The molecule has 0 spiro atoms. The zero-order valence-corrected chi connectivity index (χ0v) is 28.6. The molecular formula is C36H51N3O6S. The van der Waals surface area contributed by atoms with Gasteiger partial charge in [0.15, 0.2) is 0 Å². The minimum Gasteiger partial charge on any atom is -0.387 e. The van der Waals surface area contributed by atoms with Crippen LogP contribution < -0.4 is 10.6 Å². The summed E-state index contributed by atoms with van der Waals surface area (Å²) in [5, 5.41) is 36.9. The van der Waals surface area contributed by atoms with E-state index >= 15 is 0 Å². The molecule has 1 saturated heterocycles. The number of benzene rings is 2. The van der Waals surface area contributed by atoms with Gasteiger partial charge in [-0.1, -0.05) is 54.8 Å². The van der Waals surface area contributed by atoms with E-state index in [-0.39, 0.29) is 11.8 Å². The third-order valence-corrected chi connectivity index (χ3v) is 9.30. The van der Waals surface area contributed by atoms with Crippen LogP contribution in [0.1, 0.15) is 73.5 Å². The van der Waals surface area contributed by atoms with Crippen LogP contribution in [0, 0.1) is 19.3 Å². The molecule has 252 valence electrons. The maximum absolute atomic E-state index is 12.5. The molecule has 2 aromatic carbocycles. The Morgan fingerprint density at radius 3 is 2.39 bits per heavy atom. The van der Waals surface area contributed by atoms with Gasteiger partial charge in [-0.05, 0) is 87.6 Å². The molecule has 2 amide bonds. The Kier molecular flexibility index (Phi) is 14.6. The highest BCUT2D eigenvalue weighted by Crippen LogP contribution is 2.36. The average molecular weight is 654 g/mol. The number of nitrogens with one attached hydrogen (secondary N) is 2. The smallest absolute Gasteiger partial charge is 0.245 e. The summed E-state index contributed by atoms with van der Waals surface area (Å²) in [4.78, 5) is 27.0. The topological polar surface area (TPSA) is 131 Å². The van der Waals surface area contributed by atoms with E-state index in [0.717, 1.165) is 47.9 Å². The number of amides is 2. The molecule has 46 heavy (non-hydrogen) atoms. The molecule has 9 nitrogen and oxygen atoms in total. The summed E-state index contributed by atoms with van der Waals surface area (Å²) < 4.78 is 5.96. The fourth-order valence-corrected chi connectivity index (χ4v) is 6.17. The van der Waals surface area contributed by atoms with Gasteiger partial charge in [-0.25, -0.2) is 0 Å². The highest BCUT2D eigenvalue weighted by atomic mass is 32.2. The molecule has 5 atom stereocenters. The number of thioether (sulfide) groups is 1. The van der Waals surface area contributed by atoms with Crippen molar-refractivity contribution in [2.45, 2.75) is 94.7 Å². The fraction of sp³-hybridized carbons (Fsp3) is 0.556. The number of rotatable bonds is 16. The Morgan fingerprint density at radius 2 is 1.72 bits per heavy atom. The van der Waals surface area contributed by atoms with E-state index in [0.29, 0.717) is 32.5 Å². The molecule has 0 saturated carbocycles. The van der Waals surface area contributed by atoms with Crippen LogP contribution >= 0.6 is 11.8 Å². The number of aryl methyl sites for hydroxylation is 2. The summed E-state index contributed by atoms with van der Waals surface area (Å²) in [5.41, 5.74) is 3.79.